The molecule has 2 aromatic heterocycles. The molecule has 2 heterocycles. The van der Waals surface area contributed by atoms with Gasteiger partial charge in [-0.3, -0.25) is 9.36 Å². The molecule has 0 aliphatic carbocycles. The summed E-state index contributed by atoms with van der Waals surface area (Å²) in [5.41, 5.74) is 3.73. The lowest BCUT2D eigenvalue weighted by molar-refractivity contribution is 0.540. The van der Waals surface area contributed by atoms with E-state index in [0.717, 1.165) is 22.5 Å². The van der Waals surface area contributed by atoms with Gasteiger partial charge >= 0.3 is 0 Å². The Balaban J connectivity index is 1.63. The lowest BCUT2D eigenvalue weighted by atomic mass is 10.1. The first-order chi connectivity index (χ1) is 13.6. The molecule has 2 aromatic carbocycles. The van der Waals surface area contributed by atoms with Gasteiger partial charge in [0.05, 0.1) is 16.6 Å². The van der Waals surface area contributed by atoms with Crippen LogP contribution in [0, 0.1) is 13.8 Å². The first-order valence-electron chi connectivity index (χ1n) is 9.22. The maximum absolute atomic E-state index is 12.8. The molecule has 6 heteroatoms. The van der Waals surface area contributed by atoms with Crippen LogP contribution in [0.15, 0.2) is 62.9 Å². The number of benzene rings is 2. The minimum atomic E-state index is -0.00665. The lowest BCUT2D eigenvalue weighted by Gasteiger charge is -2.10. The van der Waals surface area contributed by atoms with E-state index in [1.165, 1.54) is 17.3 Å². The van der Waals surface area contributed by atoms with Crippen molar-refractivity contribution in [3.8, 4) is 11.5 Å². The van der Waals surface area contributed by atoms with Crippen LogP contribution in [0.4, 0.5) is 0 Å². The molecule has 0 atom stereocenters. The van der Waals surface area contributed by atoms with Crippen molar-refractivity contribution in [3.63, 3.8) is 0 Å². The Bertz CT molecular complexity index is 1190. The smallest absolute Gasteiger partial charge is 0.262 e. The van der Waals surface area contributed by atoms with E-state index in [0.29, 0.717) is 28.7 Å². The molecule has 0 amide bonds. The van der Waals surface area contributed by atoms with E-state index in [1.807, 2.05) is 62.4 Å². The molecule has 0 saturated heterocycles. The van der Waals surface area contributed by atoms with Crippen molar-refractivity contribution in [1.29, 1.82) is 0 Å². The summed E-state index contributed by atoms with van der Waals surface area (Å²) in [7, 11) is 0. The van der Waals surface area contributed by atoms with E-state index in [9.17, 15) is 4.79 Å². The molecule has 142 valence electrons. The normalized spacial score (nSPS) is 11.2. The van der Waals surface area contributed by atoms with Gasteiger partial charge in [-0.05, 0) is 45.0 Å². The molecule has 0 spiro atoms. The van der Waals surface area contributed by atoms with Crippen LogP contribution in [-0.2, 0) is 12.3 Å². The van der Waals surface area contributed by atoms with Crippen LogP contribution in [0.3, 0.4) is 0 Å². The number of oxazole rings is 1. The van der Waals surface area contributed by atoms with Crippen molar-refractivity contribution >= 4 is 22.7 Å². The van der Waals surface area contributed by atoms with Gasteiger partial charge in [0.1, 0.15) is 5.76 Å². The van der Waals surface area contributed by atoms with Gasteiger partial charge < -0.3 is 4.42 Å². The first kappa shape index (κ1) is 18.5. The van der Waals surface area contributed by atoms with Crippen LogP contribution >= 0.6 is 11.8 Å². The van der Waals surface area contributed by atoms with Gasteiger partial charge in [0.2, 0.25) is 5.89 Å². The van der Waals surface area contributed by atoms with Crippen molar-refractivity contribution in [2.75, 3.05) is 0 Å². The number of thioether (sulfide) groups is 1. The van der Waals surface area contributed by atoms with E-state index in [-0.39, 0.29) is 5.56 Å². The summed E-state index contributed by atoms with van der Waals surface area (Å²) >= 11 is 1.51. The fraction of sp³-hybridized carbons (Fsp3) is 0.227. The third kappa shape index (κ3) is 3.47. The van der Waals surface area contributed by atoms with Crippen molar-refractivity contribution in [2.24, 2.45) is 0 Å². The van der Waals surface area contributed by atoms with Crippen LogP contribution in [0.25, 0.3) is 22.4 Å². The second-order valence-corrected chi connectivity index (χ2v) is 7.58. The molecule has 4 rings (SSSR count). The van der Waals surface area contributed by atoms with Gasteiger partial charge in [-0.15, -0.1) is 0 Å². The van der Waals surface area contributed by atoms with Gasteiger partial charge in [-0.2, -0.15) is 0 Å². The van der Waals surface area contributed by atoms with E-state index in [1.54, 1.807) is 4.57 Å². The summed E-state index contributed by atoms with van der Waals surface area (Å²) in [5, 5.41) is 1.35. The second-order valence-electron chi connectivity index (χ2n) is 6.64. The molecule has 28 heavy (non-hydrogen) atoms. The Morgan fingerprint density at radius 2 is 1.79 bits per heavy atom. The number of para-hydroxylation sites is 1. The highest BCUT2D eigenvalue weighted by molar-refractivity contribution is 7.98. The summed E-state index contributed by atoms with van der Waals surface area (Å²) in [6.45, 7) is 6.50. The summed E-state index contributed by atoms with van der Waals surface area (Å²) in [6, 6.07) is 15.6. The van der Waals surface area contributed by atoms with Crippen LogP contribution < -0.4 is 5.56 Å². The Kier molecular flexibility index (Phi) is 5.05. The van der Waals surface area contributed by atoms with E-state index in [4.69, 9.17) is 9.40 Å². The number of aryl methyl sites for hydroxylation is 2. The molecule has 0 aliphatic heterocycles. The number of hydrogen-bond donors (Lipinski definition) is 0. The van der Waals surface area contributed by atoms with E-state index >= 15 is 0 Å². The minimum absolute atomic E-state index is 0.00665. The number of hydrogen-bond acceptors (Lipinski definition) is 5. The Morgan fingerprint density at radius 1 is 1.04 bits per heavy atom. The Labute approximate surface area is 167 Å². The summed E-state index contributed by atoms with van der Waals surface area (Å²) in [6.07, 6.45) is 0. The summed E-state index contributed by atoms with van der Waals surface area (Å²) in [4.78, 5) is 22.1. The number of fused-ring (bicyclic) bond motifs is 1. The molecule has 0 unspecified atom stereocenters. The SMILES string of the molecule is CCn1c(SCc2nc(-c3ccc(C)cc3)oc2C)nc2ccccc2c1=O. The van der Waals surface area contributed by atoms with Gasteiger partial charge in [-0.1, -0.05) is 41.6 Å². The Morgan fingerprint density at radius 3 is 2.54 bits per heavy atom. The van der Waals surface area contributed by atoms with Crippen molar-refractivity contribution < 1.29 is 4.42 Å². The van der Waals surface area contributed by atoms with Gasteiger partial charge in [0.15, 0.2) is 5.16 Å². The molecule has 0 fully saturated rings. The summed E-state index contributed by atoms with van der Waals surface area (Å²) in [5.74, 6) is 1.99. The van der Waals surface area contributed by atoms with Crippen molar-refractivity contribution in [2.45, 2.75) is 38.2 Å². The molecule has 0 saturated carbocycles. The predicted molar refractivity (Wildman–Crippen MR) is 113 cm³/mol. The summed E-state index contributed by atoms with van der Waals surface area (Å²) < 4.78 is 7.58. The minimum Gasteiger partial charge on any atom is -0.441 e. The van der Waals surface area contributed by atoms with Crippen LogP contribution in [-0.4, -0.2) is 14.5 Å². The first-order valence-corrected chi connectivity index (χ1v) is 10.2. The van der Waals surface area contributed by atoms with Crippen molar-refractivity contribution in [1.82, 2.24) is 14.5 Å². The number of nitrogens with zero attached hydrogens (tertiary/aromatic N) is 3. The van der Waals surface area contributed by atoms with Crippen LogP contribution in [0.1, 0.15) is 23.9 Å². The molecule has 0 bridgehead atoms. The van der Waals surface area contributed by atoms with E-state index < -0.39 is 0 Å². The van der Waals surface area contributed by atoms with Gasteiger partial charge in [0, 0.05) is 17.9 Å². The predicted octanol–water partition coefficient (Wildman–Crippen LogP) is 4.98. The second kappa shape index (κ2) is 7.64. The monoisotopic (exact) mass is 391 g/mol. The zero-order valence-electron chi connectivity index (χ0n) is 16.1. The van der Waals surface area contributed by atoms with Gasteiger partial charge in [0.25, 0.3) is 5.56 Å². The van der Waals surface area contributed by atoms with Crippen LogP contribution in [0.5, 0.6) is 0 Å². The third-order valence-electron chi connectivity index (χ3n) is 4.67. The fourth-order valence-corrected chi connectivity index (χ4v) is 4.12. The van der Waals surface area contributed by atoms with E-state index in [2.05, 4.69) is 11.9 Å². The average molecular weight is 391 g/mol. The topological polar surface area (TPSA) is 60.9 Å². The molecule has 0 N–H and O–H groups in total. The molecular formula is C22H21N3O2S. The number of aromatic nitrogens is 3. The maximum atomic E-state index is 12.8. The zero-order chi connectivity index (χ0) is 19.7. The molecular weight excluding hydrogens is 370 g/mol. The van der Waals surface area contributed by atoms with Crippen molar-refractivity contribution in [3.05, 3.63) is 75.9 Å². The highest BCUT2D eigenvalue weighted by Crippen LogP contribution is 2.27. The third-order valence-corrected chi connectivity index (χ3v) is 5.66. The fourth-order valence-electron chi connectivity index (χ4n) is 3.05. The molecule has 0 aliphatic rings. The Hall–Kier alpha value is -2.86. The highest BCUT2D eigenvalue weighted by atomic mass is 32.2. The average Bonchev–Trinajstić information content (AvgIpc) is 3.07. The highest BCUT2D eigenvalue weighted by Gasteiger charge is 2.15. The zero-order valence-corrected chi connectivity index (χ0v) is 16.9. The molecule has 4 aromatic rings. The maximum Gasteiger partial charge on any atom is 0.262 e. The van der Waals surface area contributed by atoms with Gasteiger partial charge in [-0.25, -0.2) is 9.97 Å². The molecule has 0 radical (unpaired) electrons. The largest absolute Gasteiger partial charge is 0.441 e. The quantitative estimate of drug-likeness (QED) is 0.355. The number of rotatable bonds is 5. The van der Waals surface area contributed by atoms with Crippen LogP contribution in [0.2, 0.25) is 0 Å². The molecule has 5 nitrogen and oxygen atoms in total. The standard InChI is InChI=1S/C22H21N3O2S/c1-4-25-21(26)17-7-5-6-8-18(17)24-22(25)28-13-19-15(3)27-20(23-19)16-11-9-14(2)10-12-16/h5-12H,4,13H2,1-3H3. The lowest BCUT2D eigenvalue weighted by Crippen LogP contribution is -2.22.